The number of benzene rings is 1. The monoisotopic (exact) mass is 448 g/mol. The van der Waals surface area contributed by atoms with Crippen LogP contribution in [0.15, 0.2) is 57.0 Å². The van der Waals surface area contributed by atoms with Crippen LogP contribution in [0.4, 0.5) is 0 Å². The summed E-state index contributed by atoms with van der Waals surface area (Å²) in [4.78, 5) is 8.82. The van der Waals surface area contributed by atoms with Crippen LogP contribution in [0.5, 0.6) is 5.75 Å². The van der Waals surface area contributed by atoms with E-state index in [0.29, 0.717) is 48.8 Å². The normalized spacial score (nSPS) is 15.2. The maximum absolute atomic E-state index is 12.6. The molecule has 0 bridgehead atoms. The van der Waals surface area contributed by atoms with E-state index in [1.54, 1.807) is 19.2 Å². The number of aromatic nitrogens is 3. The fraction of sp³-hybridized carbons (Fsp3) is 0.316. The molecule has 1 saturated heterocycles. The molecule has 3 heterocycles. The van der Waals surface area contributed by atoms with E-state index in [4.69, 9.17) is 14.0 Å². The van der Waals surface area contributed by atoms with Gasteiger partial charge < -0.3 is 14.0 Å². The standard InChI is InChI=1S/C19H20N4O5S2/c1-26-15-4-2-14(3-5-15)19-21-17(28-22-19)13-29-18-7-6-16(12-20-18)30(24,25)23-8-10-27-11-9-23/h2-7,12H,8-11,13H2,1H3. The lowest BCUT2D eigenvalue weighted by Crippen LogP contribution is -2.40. The first-order chi connectivity index (χ1) is 14.6. The Kier molecular flexibility index (Phi) is 6.32. The highest BCUT2D eigenvalue weighted by atomic mass is 32.2. The predicted octanol–water partition coefficient (Wildman–Crippen LogP) is 2.45. The first-order valence-electron chi connectivity index (χ1n) is 9.20. The van der Waals surface area contributed by atoms with Gasteiger partial charge in [-0.25, -0.2) is 13.4 Å². The first-order valence-corrected chi connectivity index (χ1v) is 11.6. The molecule has 2 aromatic heterocycles. The summed E-state index contributed by atoms with van der Waals surface area (Å²) in [7, 11) is -1.94. The van der Waals surface area contributed by atoms with Crippen molar-refractivity contribution < 1.29 is 22.4 Å². The molecular formula is C19H20N4O5S2. The quantitative estimate of drug-likeness (QED) is 0.504. The lowest BCUT2D eigenvalue weighted by Gasteiger charge is -2.25. The molecule has 4 rings (SSSR count). The zero-order valence-electron chi connectivity index (χ0n) is 16.2. The largest absolute Gasteiger partial charge is 0.497 e. The van der Waals surface area contributed by atoms with Crippen molar-refractivity contribution in [1.82, 2.24) is 19.4 Å². The molecular weight excluding hydrogens is 428 g/mol. The number of nitrogens with zero attached hydrogens (tertiary/aromatic N) is 4. The Morgan fingerprint density at radius 3 is 2.57 bits per heavy atom. The van der Waals surface area contributed by atoms with Crippen molar-refractivity contribution in [1.29, 1.82) is 0 Å². The van der Waals surface area contributed by atoms with E-state index >= 15 is 0 Å². The minimum atomic E-state index is -3.55. The van der Waals surface area contributed by atoms with Crippen LogP contribution in [0.25, 0.3) is 11.4 Å². The van der Waals surface area contributed by atoms with Crippen molar-refractivity contribution in [2.24, 2.45) is 0 Å². The molecule has 0 aliphatic carbocycles. The van der Waals surface area contributed by atoms with Crippen molar-refractivity contribution in [3.05, 3.63) is 48.5 Å². The summed E-state index contributed by atoms with van der Waals surface area (Å²) in [6.45, 7) is 1.52. The van der Waals surface area contributed by atoms with Crippen LogP contribution in [0.1, 0.15) is 5.89 Å². The molecule has 11 heteroatoms. The Morgan fingerprint density at radius 2 is 1.90 bits per heavy atom. The van der Waals surface area contributed by atoms with Crippen molar-refractivity contribution in [2.45, 2.75) is 15.7 Å². The summed E-state index contributed by atoms with van der Waals surface area (Å²) in [5.41, 5.74) is 0.826. The maximum atomic E-state index is 12.6. The summed E-state index contributed by atoms with van der Waals surface area (Å²) in [5, 5.41) is 4.66. The molecule has 0 unspecified atom stereocenters. The number of ether oxygens (including phenoxy) is 2. The number of hydrogen-bond acceptors (Lipinski definition) is 9. The van der Waals surface area contributed by atoms with Crippen molar-refractivity contribution in [3.63, 3.8) is 0 Å². The van der Waals surface area contributed by atoms with Crippen molar-refractivity contribution >= 4 is 21.8 Å². The SMILES string of the molecule is COc1ccc(-c2noc(CSc3ccc(S(=O)(=O)N4CCOCC4)cn3)n2)cc1. The number of hydrogen-bond donors (Lipinski definition) is 0. The Bertz CT molecular complexity index is 1080. The van der Waals surface area contributed by atoms with E-state index in [2.05, 4.69) is 15.1 Å². The summed E-state index contributed by atoms with van der Waals surface area (Å²) in [6.07, 6.45) is 1.38. The number of thioether (sulfide) groups is 1. The molecule has 9 nitrogen and oxygen atoms in total. The lowest BCUT2D eigenvalue weighted by molar-refractivity contribution is 0.0730. The highest BCUT2D eigenvalue weighted by molar-refractivity contribution is 7.98. The topological polar surface area (TPSA) is 108 Å². The van der Waals surface area contributed by atoms with Gasteiger partial charge in [-0.1, -0.05) is 16.9 Å². The molecule has 0 atom stereocenters. The number of pyridine rings is 1. The van der Waals surface area contributed by atoms with E-state index in [0.717, 1.165) is 11.3 Å². The average Bonchev–Trinajstić information content (AvgIpc) is 3.28. The number of sulfonamides is 1. The third-order valence-electron chi connectivity index (χ3n) is 4.48. The molecule has 0 N–H and O–H groups in total. The summed E-state index contributed by atoms with van der Waals surface area (Å²) >= 11 is 1.39. The van der Waals surface area contributed by atoms with Crippen LogP contribution < -0.4 is 4.74 Å². The third kappa shape index (κ3) is 4.64. The van der Waals surface area contributed by atoms with Gasteiger partial charge in [0.05, 0.1) is 31.1 Å². The number of morpholine rings is 1. The van der Waals surface area contributed by atoms with E-state index in [9.17, 15) is 8.42 Å². The molecule has 158 valence electrons. The zero-order valence-corrected chi connectivity index (χ0v) is 17.9. The highest BCUT2D eigenvalue weighted by Crippen LogP contribution is 2.25. The van der Waals surface area contributed by atoms with Gasteiger partial charge in [0.1, 0.15) is 10.6 Å². The van der Waals surface area contributed by atoms with Gasteiger partial charge in [-0.05, 0) is 36.4 Å². The zero-order chi connectivity index (χ0) is 21.0. The van der Waals surface area contributed by atoms with Crippen molar-refractivity contribution in [2.75, 3.05) is 33.4 Å². The van der Waals surface area contributed by atoms with E-state index in [1.807, 2.05) is 24.3 Å². The van der Waals surface area contributed by atoms with Gasteiger partial charge in [0, 0.05) is 24.8 Å². The molecule has 1 fully saturated rings. The smallest absolute Gasteiger partial charge is 0.244 e. The molecule has 1 aliphatic rings. The molecule has 0 amide bonds. The fourth-order valence-electron chi connectivity index (χ4n) is 2.85. The predicted molar refractivity (Wildman–Crippen MR) is 110 cm³/mol. The Labute approximate surface area is 178 Å². The van der Waals surface area contributed by atoms with Crippen molar-refractivity contribution in [3.8, 4) is 17.1 Å². The van der Waals surface area contributed by atoms with Gasteiger partial charge in [0.15, 0.2) is 0 Å². The molecule has 30 heavy (non-hydrogen) atoms. The van der Waals surface area contributed by atoms with Gasteiger partial charge >= 0.3 is 0 Å². The summed E-state index contributed by atoms with van der Waals surface area (Å²) in [6, 6.07) is 10.6. The minimum absolute atomic E-state index is 0.174. The maximum Gasteiger partial charge on any atom is 0.244 e. The average molecular weight is 449 g/mol. The van der Waals surface area contributed by atoms with Gasteiger partial charge in [-0.2, -0.15) is 9.29 Å². The molecule has 0 saturated carbocycles. The van der Waals surface area contributed by atoms with E-state index < -0.39 is 10.0 Å². The molecule has 1 aliphatic heterocycles. The second-order valence-electron chi connectivity index (χ2n) is 6.38. The third-order valence-corrected chi connectivity index (χ3v) is 7.29. The fourth-order valence-corrected chi connectivity index (χ4v) is 4.88. The highest BCUT2D eigenvalue weighted by Gasteiger charge is 2.26. The molecule has 0 spiro atoms. The van der Waals surface area contributed by atoms with Crippen LogP contribution in [-0.2, 0) is 20.5 Å². The van der Waals surface area contributed by atoms with Crippen LogP contribution >= 0.6 is 11.8 Å². The lowest BCUT2D eigenvalue weighted by atomic mass is 10.2. The van der Waals surface area contributed by atoms with Crippen LogP contribution in [0.2, 0.25) is 0 Å². The second-order valence-corrected chi connectivity index (χ2v) is 9.31. The Morgan fingerprint density at radius 1 is 1.13 bits per heavy atom. The van der Waals surface area contributed by atoms with E-state index in [1.165, 1.54) is 22.3 Å². The van der Waals surface area contributed by atoms with Gasteiger partial charge in [-0.15, -0.1) is 0 Å². The number of rotatable bonds is 7. The molecule has 3 aromatic rings. The Balaban J connectivity index is 1.38. The van der Waals surface area contributed by atoms with E-state index in [-0.39, 0.29) is 4.90 Å². The van der Waals surface area contributed by atoms with Crippen LogP contribution in [-0.4, -0.2) is 61.3 Å². The first kappa shape index (κ1) is 20.8. The van der Waals surface area contributed by atoms with Gasteiger partial charge in [0.2, 0.25) is 21.7 Å². The van der Waals surface area contributed by atoms with Gasteiger partial charge in [0.25, 0.3) is 0 Å². The molecule has 1 aromatic carbocycles. The summed E-state index contributed by atoms with van der Waals surface area (Å²) in [5.74, 6) is 2.13. The van der Waals surface area contributed by atoms with Crippen LogP contribution in [0.3, 0.4) is 0 Å². The number of methoxy groups -OCH3 is 1. The Hall–Kier alpha value is -2.47. The van der Waals surface area contributed by atoms with Gasteiger partial charge in [-0.3, -0.25) is 0 Å². The molecule has 0 radical (unpaired) electrons. The minimum Gasteiger partial charge on any atom is -0.497 e. The van der Waals surface area contributed by atoms with Crippen LogP contribution in [0, 0.1) is 0 Å². The second kappa shape index (κ2) is 9.13. The summed E-state index contributed by atoms with van der Waals surface area (Å²) < 4.78 is 42.3.